The third kappa shape index (κ3) is 4.01. The van der Waals surface area contributed by atoms with E-state index in [2.05, 4.69) is 5.32 Å². The molecule has 2 nitrogen and oxygen atoms in total. The number of para-hydroxylation sites is 1. The van der Waals surface area contributed by atoms with Crippen LogP contribution in [0.5, 0.6) is 0 Å². The minimum Gasteiger partial charge on any atom is -0.321 e. The lowest BCUT2D eigenvalue weighted by atomic mass is 10.1. The van der Waals surface area contributed by atoms with Gasteiger partial charge in [-0.15, -0.1) is 0 Å². The lowest BCUT2D eigenvalue weighted by Crippen LogP contribution is -2.14. The topological polar surface area (TPSA) is 29.1 Å². The molecule has 2 aromatic carbocycles. The molecule has 0 bridgehead atoms. The summed E-state index contributed by atoms with van der Waals surface area (Å²) in [6.45, 7) is 1.71. The maximum atomic E-state index is 13.7. The molecule has 0 fully saturated rings. The first-order chi connectivity index (χ1) is 9.97. The van der Waals surface area contributed by atoms with E-state index >= 15 is 0 Å². The molecule has 110 valence electrons. The van der Waals surface area contributed by atoms with E-state index in [9.17, 15) is 18.0 Å². The largest absolute Gasteiger partial charge is 0.321 e. The predicted octanol–water partition coefficient (Wildman–Crippen LogP) is 4.70. The first-order valence-corrected chi connectivity index (χ1v) is 6.96. The first-order valence-electron chi connectivity index (χ1n) is 6.08. The molecule has 2 rings (SSSR count). The Morgan fingerprint density at radius 1 is 1.19 bits per heavy atom. The van der Waals surface area contributed by atoms with Gasteiger partial charge in [-0.2, -0.15) is 8.78 Å². The van der Waals surface area contributed by atoms with Crippen molar-refractivity contribution in [1.82, 2.24) is 0 Å². The van der Waals surface area contributed by atoms with Crippen LogP contribution in [0.3, 0.4) is 0 Å². The zero-order valence-corrected chi connectivity index (χ0v) is 11.9. The van der Waals surface area contributed by atoms with Crippen LogP contribution in [0.2, 0.25) is 0 Å². The molecule has 0 atom stereocenters. The van der Waals surface area contributed by atoms with Crippen molar-refractivity contribution in [3.8, 4) is 0 Å². The summed E-state index contributed by atoms with van der Waals surface area (Å²) in [6, 6.07) is 10.4. The number of benzene rings is 2. The molecule has 0 heterocycles. The molecule has 2 aromatic rings. The van der Waals surface area contributed by atoms with Crippen molar-refractivity contribution in [2.24, 2.45) is 0 Å². The van der Waals surface area contributed by atoms with Gasteiger partial charge in [0.25, 0.3) is 11.7 Å². The van der Waals surface area contributed by atoms with Crippen molar-refractivity contribution in [3.63, 3.8) is 0 Å². The number of alkyl halides is 2. The number of carbonyl (C=O) groups excluding carboxylic acids is 1. The number of aryl methyl sites for hydroxylation is 1. The van der Waals surface area contributed by atoms with Gasteiger partial charge in [0.1, 0.15) is 5.82 Å². The summed E-state index contributed by atoms with van der Waals surface area (Å²) in [4.78, 5) is 12.3. The molecule has 1 amide bonds. The number of rotatable bonds is 4. The molecule has 1 N–H and O–H groups in total. The highest BCUT2D eigenvalue weighted by molar-refractivity contribution is 7.99. The van der Waals surface area contributed by atoms with Gasteiger partial charge >= 0.3 is 0 Å². The number of carbonyl (C=O) groups is 1. The van der Waals surface area contributed by atoms with Crippen LogP contribution >= 0.6 is 11.8 Å². The molecule has 0 saturated heterocycles. The maximum absolute atomic E-state index is 13.7. The van der Waals surface area contributed by atoms with Gasteiger partial charge in [-0.1, -0.05) is 30.0 Å². The van der Waals surface area contributed by atoms with E-state index < -0.39 is 17.5 Å². The van der Waals surface area contributed by atoms with Crippen LogP contribution in [0.25, 0.3) is 0 Å². The maximum Gasteiger partial charge on any atom is 0.288 e. The highest BCUT2D eigenvalue weighted by Crippen LogP contribution is 2.31. The third-order valence-electron chi connectivity index (χ3n) is 2.72. The van der Waals surface area contributed by atoms with Gasteiger partial charge in [0.15, 0.2) is 0 Å². The molecule has 0 aromatic heterocycles. The average Bonchev–Trinajstić information content (AvgIpc) is 2.40. The molecule has 0 saturated carbocycles. The minimum absolute atomic E-state index is 0.127. The third-order valence-corrected chi connectivity index (χ3v) is 3.51. The number of amides is 1. The summed E-state index contributed by atoms with van der Waals surface area (Å²) in [5.74, 6) is -3.92. The fourth-order valence-electron chi connectivity index (χ4n) is 1.76. The van der Waals surface area contributed by atoms with Gasteiger partial charge < -0.3 is 5.32 Å². The number of halogens is 3. The molecule has 0 aliphatic carbocycles. The quantitative estimate of drug-likeness (QED) is 0.829. The monoisotopic (exact) mass is 311 g/mol. The molecular weight excluding hydrogens is 299 g/mol. The van der Waals surface area contributed by atoms with Crippen LogP contribution in [0.4, 0.5) is 18.9 Å². The zero-order valence-electron chi connectivity index (χ0n) is 11.1. The Hall–Kier alpha value is -1.95. The Kier molecular flexibility index (Phi) is 4.90. The van der Waals surface area contributed by atoms with E-state index in [4.69, 9.17) is 0 Å². The summed E-state index contributed by atoms with van der Waals surface area (Å²) in [5, 5.41) is 2.46. The molecule has 0 aliphatic rings. The number of hydrogen-bond donors (Lipinski definition) is 1. The molecule has 0 aliphatic heterocycles. The molecule has 0 unspecified atom stereocenters. The van der Waals surface area contributed by atoms with Crippen molar-refractivity contribution in [2.75, 3.05) is 5.32 Å². The second-order valence-electron chi connectivity index (χ2n) is 4.31. The fourth-order valence-corrected chi connectivity index (χ4v) is 2.36. The van der Waals surface area contributed by atoms with Crippen LogP contribution in [-0.2, 0) is 0 Å². The molecule has 0 spiro atoms. The van der Waals surface area contributed by atoms with Gasteiger partial charge in [0.05, 0.1) is 11.3 Å². The van der Waals surface area contributed by atoms with Crippen molar-refractivity contribution >= 4 is 23.4 Å². The van der Waals surface area contributed by atoms with Gasteiger partial charge in [-0.05, 0) is 36.8 Å². The SMILES string of the molecule is Cc1ccc(C(=O)Nc2ccccc2SC(F)F)c(F)c1. The standard InChI is InChI=1S/C15H12F3NOS/c1-9-6-7-10(11(16)8-9)14(20)19-12-4-2-3-5-13(12)21-15(17)18/h2-8,15H,1H3,(H,19,20). The Morgan fingerprint density at radius 3 is 2.57 bits per heavy atom. The number of nitrogens with one attached hydrogen (secondary N) is 1. The lowest BCUT2D eigenvalue weighted by molar-refractivity contribution is 0.102. The van der Waals surface area contributed by atoms with Crippen LogP contribution in [0, 0.1) is 12.7 Å². The first kappa shape index (κ1) is 15.4. The highest BCUT2D eigenvalue weighted by atomic mass is 32.2. The van der Waals surface area contributed by atoms with Crippen molar-refractivity contribution in [1.29, 1.82) is 0 Å². The van der Waals surface area contributed by atoms with Crippen molar-refractivity contribution < 1.29 is 18.0 Å². The van der Waals surface area contributed by atoms with Gasteiger partial charge in [0, 0.05) is 4.90 Å². The van der Waals surface area contributed by atoms with Crippen LogP contribution in [0.15, 0.2) is 47.4 Å². The zero-order chi connectivity index (χ0) is 15.4. The summed E-state index contributed by atoms with van der Waals surface area (Å²) < 4.78 is 38.6. The van der Waals surface area contributed by atoms with Gasteiger partial charge in [-0.3, -0.25) is 4.79 Å². The van der Waals surface area contributed by atoms with Crippen LogP contribution < -0.4 is 5.32 Å². The summed E-state index contributed by atoms with van der Waals surface area (Å²) >= 11 is 0.327. The minimum atomic E-state index is -2.60. The smallest absolute Gasteiger partial charge is 0.288 e. The predicted molar refractivity (Wildman–Crippen MR) is 77.4 cm³/mol. The molecular formula is C15H12F3NOS. The van der Waals surface area contributed by atoms with Gasteiger partial charge in [0.2, 0.25) is 0 Å². The molecule has 0 radical (unpaired) electrons. The lowest BCUT2D eigenvalue weighted by Gasteiger charge is -2.11. The Bertz CT molecular complexity index is 661. The van der Waals surface area contributed by atoms with Gasteiger partial charge in [-0.25, -0.2) is 4.39 Å². The normalized spacial score (nSPS) is 10.7. The van der Waals surface area contributed by atoms with E-state index in [0.29, 0.717) is 17.3 Å². The number of hydrogen-bond acceptors (Lipinski definition) is 2. The number of thioether (sulfide) groups is 1. The highest BCUT2D eigenvalue weighted by Gasteiger charge is 2.15. The Labute approximate surface area is 124 Å². The summed E-state index contributed by atoms with van der Waals surface area (Å²) in [6.07, 6.45) is 0. The van der Waals surface area contributed by atoms with E-state index in [1.807, 2.05) is 0 Å². The average molecular weight is 311 g/mol. The van der Waals surface area contributed by atoms with E-state index in [1.54, 1.807) is 25.1 Å². The summed E-state index contributed by atoms with van der Waals surface area (Å²) in [7, 11) is 0. The van der Waals surface area contributed by atoms with Crippen molar-refractivity contribution in [3.05, 3.63) is 59.4 Å². The molecule has 21 heavy (non-hydrogen) atoms. The number of anilines is 1. The fraction of sp³-hybridized carbons (Fsp3) is 0.133. The second kappa shape index (κ2) is 6.67. The van der Waals surface area contributed by atoms with E-state index in [1.165, 1.54) is 24.3 Å². The molecule has 6 heteroatoms. The Balaban J connectivity index is 2.23. The van der Waals surface area contributed by atoms with Crippen molar-refractivity contribution in [2.45, 2.75) is 17.6 Å². The van der Waals surface area contributed by atoms with E-state index in [0.717, 1.165) is 0 Å². The van der Waals surface area contributed by atoms with E-state index in [-0.39, 0.29) is 16.1 Å². The summed E-state index contributed by atoms with van der Waals surface area (Å²) in [5.41, 5.74) is 0.794. The van der Waals surface area contributed by atoms with Crippen LogP contribution in [-0.4, -0.2) is 11.7 Å². The Morgan fingerprint density at radius 2 is 1.90 bits per heavy atom. The van der Waals surface area contributed by atoms with Crippen LogP contribution in [0.1, 0.15) is 15.9 Å². The second-order valence-corrected chi connectivity index (χ2v) is 5.34.